The molecular weight excluding hydrogens is 234 g/mol. The van der Waals surface area contributed by atoms with Gasteiger partial charge in [0.25, 0.3) is 0 Å². The van der Waals surface area contributed by atoms with Gasteiger partial charge in [0.15, 0.2) is 0 Å². The molecule has 1 N–H and O–H groups in total. The summed E-state index contributed by atoms with van der Waals surface area (Å²) in [5.74, 6) is 1.53. The zero-order valence-electron chi connectivity index (χ0n) is 9.66. The normalized spacial score (nSPS) is 26.6. The standard InChI is InChI=1S/C14H16ClNO/c15-11-3-1-2-10(6-11)12-7-13(12)14(17)16-8-9-4-5-9/h1-3,6,9,12-13H,4-5,7-8H2,(H,16,17)/t12-,13-/m1/s1. The van der Waals surface area contributed by atoms with Crippen LogP contribution in [-0.2, 0) is 4.79 Å². The van der Waals surface area contributed by atoms with Gasteiger partial charge in [-0.1, -0.05) is 23.7 Å². The van der Waals surface area contributed by atoms with Crippen LogP contribution in [0, 0.1) is 11.8 Å². The number of benzene rings is 1. The molecule has 1 aromatic rings. The van der Waals surface area contributed by atoms with Crippen LogP contribution in [0.15, 0.2) is 24.3 Å². The lowest BCUT2D eigenvalue weighted by Crippen LogP contribution is -2.27. The highest BCUT2D eigenvalue weighted by molar-refractivity contribution is 6.30. The Balaban J connectivity index is 1.56. The maximum atomic E-state index is 11.9. The summed E-state index contributed by atoms with van der Waals surface area (Å²) in [6, 6.07) is 7.86. The van der Waals surface area contributed by atoms with Crippen LogP contribution in [0.2, 0.25) is 5.02 Å². The van der Waals surface area contributed by atoms with E-state index in [1.165, 1.54) is 18.4 Å². The van der Waals surface area contributed by atoms with E-state index in [9.17, 15) is 4.79 Å². The molecule has 1 amide bonds. The van der Waals surface area contributed by atoms with Crippen LogP contribution in [0.1, 0.15) is 30.7 Å². The molecule has 0 bridgehead atoms. The molecule has 0 aromatic heterocycles. The minimum atomic E-state index is 0.173. The van der Waals surface area contributed by atoms with Crippen molar-refractivity contribution in [1.82, 2.24) is 5.32 Å². The number of carbonyl (C=O) groups is 1. The second-order valence-electron chi connectivity index (χ2n) is 5.19. The number of carbonyl (C=O) groups excluding carboxylic acids is 1. The molecule has 2 fully saturated rings. The van der Waals surface area contributed by atoms with Crippen molar-refractivity contribution in [2.45, 2.75) is 25.2 Å². The van der Waals surface area contributed by atoms with Crippen LogP contribution in [0.5, 0.6) is 0 Å². The molecule has 2 atom stereocenters. The molecule has 0 spiro atoms. The summed E-state index contributed by atoms with van der Waals surface area (Å²) in [6.45, 7) is 0.873. The van der Waals surface area contributed by atoms with Gasteiger partial charge < -0.3 is 5.32 Å². The Kier molecular flexibility index (Phi) is 2.83. The van der Waals surface area contributed by atoms with E-state index in [0.717, 1.165) is 23.9 Å². The Morgan fingerprint density at radius 3 is 2.94 bits per heavy atom. The fourth-order valence-electron chi connectivity index (χ4n) is 2.29. The second-order valence-corrected chi connectivity index (χ2v) is 5.63. The zero-order valence-corrected chi connectivity index (χ0v) is 10.4. The van der Waals surface area contributed by atoms with E-state index < -0.39 is 0 Å². The van der Waals surface area contributed by atoms with Gasteiger partial charge in [-0.05, 0) is 48.8 Å². The van der Waals surface area contributed by atoms with E-state index in [2.05, 4.69) is 11.4 Å². The highest BCUT2D eigenvalue weighted by Gasteiger charge is 2.44. The number of halogens is 1. The van der Waals surface area contributed by atoms with Crippen LogP contribution >= 0.6 is 11.6 Å². The van der Waals surface area contributed by atoms with Gasteiger partial charge in [-0.25, -0.2) is 0 Å². The van der Waals surface area contributed by atoms with Crippen molar-refractivity contribution in [3.63, 3.8) is 0 Å². The minimum Gasteiger partial charge on any atom is -0.356 e. The average Bonchev–Trinajstić information content (AvgIpc) is 3.18. The van der Waals surface area contributed by atoms with Gasteiger partial charge in [-0.3, -0.25) is 4.79 Å². The molecule has 0 unspecified atom stereocenters. The summed E-state index contributed by atoms with van der Waals surface area (Å²) in [5.41, 5.74) is 1.20. The summed E-state index contributed by atoms with van der Waals surface area (Å²) >= 11 is 5.95. The highest BCUT2D eigenvalue weighted by Crippen LogP contribution is 2.48. The summed E-state index contributed by atoms with van der Waals surface area (Å²) in [6.07, 6.45) is 3.53. The summed E-state index contributed by atoms with van der Waals surface area (Å²) in [4.78, 5) is 11.9. The maximum Gasteiger partial charge on any atom is 0.223 e. The quantitative estimate of drug-likeness (QED) is 0.873. The predicted octanol–water partition coefficient (Wildman–Crippen LogP) is 2.97. The van der Waals surface area contributed by atoms with Crippen molar-refractivity contribution in [1.29, 1.82) is 0 Å². The summed E-state index contributed by atoms with van der Waals surface area (Å²) < 4.78 is 0. The van der Waals surface area contributed by atoms with Crippen molar-refractivity contribution in [3.8, 4) is 0 Å². The Labute approximate surface area is 106 Å². The van der Waals surface area contributed by atoms with E-state index in [-0.39, 0.29) is 11.8 Å². The van der Waals surface area contributed by atoms with Gasteiger partial charge in [0, 0.05) is 17.5 Å². The second kappa shape index (κ2) is 4.34. The smallest absolute Gasteiger partial charge is 0.223 e. The Morgan fingerprint density at radius 2 is 2.24 bits per heavy atom. The monoisotopic (exact) mass is 249 g/mol. The minimum absolute atomic E-state index is 0.173. The third-order valence-electron chi connectivity index (χ3n) is 3.67. The lowest BCUT2D eigenvalue weighted by molar-refractivity contribution is -0.122. The van der Waals surface area contributed by atoms with Crippen LogP contribution in [0.25, 0.3) is 0 Å². The lowest BCUT2D eigenvalue weighted by atomic mass is 10.1. The van der Waals surface area contributed by atoms with E-state index >= 15 is 0 Å². The van der Waals surface area contributed by atoms with Gasteiger partial charge in [0.2, 0.25) is 5.91 Å². The van der Waals surface area contributed by atoms with Crippen molar-refractivity contribution in [2.24, 2.45) is 11.8 Å². The topological polar surface area (TPSA) is 29.1 Å². The molecule has 0 heterocycles. The number of rotatable bonds is 4. The molecule has 0 saturated heterocycles. The first-order valence-corrected chi connectivity index (χ1v) is 6.65. The van der Waals surface area contributed by atoms with Crippen molar-refractivity contribution in [3.05, 3.63) is 34.9 Å². The van der Waals surface area contributed by atoms with Gasteiger partial charge in [0.1, 0.15) is 0 Å². The largest absolute Gasteiger partial charge is 0.356 e. The molecule has 2 aliphatic carbocycles. The Bertz CT molecular complexity index is 442. The third-order valence-corrected chi connectivity index (χ3v) is 3.90. The maximum absolute atomic E-state index is 11.9. The molecule has 17 heavy (non-hydrogen) atoms. The molecule has 0 radical (unpaired) electrons. The van der Waals surface area contributed by atoms with Crippen molar-refractivity contribution in [2.75, 3.05) is 6.54 Å². The molecule has 2 aliphatic rings. The molecule has 0 aliphatic heterocycles. The summed E-state index contributed by atoms with van der Waals surface area (Å²) in [5, 5.41) is 3.81. The lowest BCUT2D eigenvalue weighted by Gasteiger charge is -2.04. The zero-order chi connectivity index (χ0) is 11.8. The van der Waals surface area contributed by atoms with Crippen LogP contribution in [0.4, 0.5) is 0 Å². The Morgan fingerprint density at radius 1 is 1.41 bits per heavy atom. The molecule has 1 aromatic carbocycles. The highest BCUT2D eigenvalue weighted by atomic mass is 35.5. The van der Waals surface area contributed by atoms with Gasteiger partial charge in [-0.15, -0.1) is 0 Å². The molecular formula is C14H16ClNO. The first kappa shape index (κ1) is 11.1. The predicted molar refractivity (Wildman–Crippen MR) is 68.0 cm³/mol. The van der Waals surface area contributed by atoms with Crippen molar-refractivity contribution < 1.29 is 4.79 Å². The summed E-state index contributed by atoms with van der Waals surface area (Å²) in [7, 11) is 0. The molecule has 2 saturated carbocycles. The molecule has 2 nitrogen and oxygen atoms in total. The fraction of sp³-hybridized carbons (Fsp3) is 0.500. The Hall–Kier alpha value is -1.02. The van der Waals surface area contributed by atoms with Gasteiger partial charge in [0.05, 0.1) is 0 Å². The van der Waals surface area contributed by atoms with Crippen LogP contribution in [0.3, 0.4) is 0 Å². The van der Waals surface area contributed by atoms with Crippen molar-refractivity contribution >= 4 is 17.5 Å². The number of hydrogen-bond donors (Lipinski definition) is 1. The molecule has 3 rings (SSSR count). The van der Waals surface area contributed by atoms with E-state index in [1.807, 2.05) is 18.2 Å². The number of hydrogen-bond acceptors (Lipinski definition) is 1. The first-order valence-electron chi connectivity index (χ1n) is 6.27. The SMILES string of the molecule is O=C(NCC1CC1)[C@@H]1C[C@@H]1c1cccc(Cl)c1. The van der Waals surface area contributed by atoms with Gasteiger partial charge >= 0.3 is 0 Å². The fourth-order valence-corrected chi connectivity index (χ4v) is 2.49. The van der Waals surface area contributed by atoms with E-state index in [0.29, 0.717) is 5.92 Å². The first-order chi connectivity index (χ1) is 8.24. The average molecular weight is 250 g/mol. The van der Waals surface area contributed by atoms with Crippen LogP contribution < -0.4 is 5.32 Å². The third kappa shape index (κ3) is 2.63. The molecule has 3 heteroatoms. The van der Waals surface area contributed by atoms with Gasteiger partial charge in [-0.2, -0.15) is 0 Å². The van der Waals surface area contributed by atoms with E-state index in [4.69, 9.17) is 11.6 Å². The number of nitrogens with one attached hydrogen (secondary N) is 1. The molecule has 90 valence electrons. The number of amides is 1. The van der Waals surface area contributed by atoms with Crippen LogP contribution in [-0.4, -0.2) is 12.5 Å². The van der Waals surface area contributed by atoms with E-state index in [1.54, 1.807) is 0 Å².